The largest absolute Gasteiger partial charge is 0.468 e. The third kappa shape index (κ3) is 2.56. The Morgan fingerprint density at radius 1 is 1.37 bits per heavy atom. The molecular weight excluding hydrogens is 260 g/mol. The molecular formula is C14H14N2O2S. The van der Waals surface area contributed by atoms with Gasteiger partial charge in [-0.05, 0) is 24.8 Å². The molecule has 0 bridgehead atoms. The summed E-state index contributed by atoms with van der Waals surface area (Å²) in [6.45, 7) is 0. The number of esters is 1. The number of ether oxygens (including phenoxy) is 1. The fourth-order valence-electron chi connectivity index (χ4n) is 2.05. The molecule has 3 rings (SSSR count). The number of nitrogens with zero attached hydrogens (tertiary/aromatic N) is 2. The van der Waals surface area contributed by atoms with Gasteiger partial charge in [0.25, 0.3) is 0 Å². The number of benzene rings is 1. The minimum atomic E-state index is -0.157. The Balaban J connectivity index is 1.93. The van der Waals surface area contributed by atoms with Gasteiger partial charge in [-0.25, -0.2) is 9.97 Å². The van der Waals surface area contributed by atoms with Crippen LogP contribution in [-0.4, -0.2) is 28.3 Å². The second-order valence-electron chi connectivity index (χ2n) is 4.60. The highest BCUT2D eigenvalue weighted by Crippen LogP contribution is 2.42. The van der Waals surface area contributed by atoms with E-state index in [1.165, 1.54) is 18.9 Å². The van der Waals surface area contributed by atoms with E-state index in [9.17, 15) is 4.79 Å². The quantitative estimate of drug-likeness (QED) is 0.487. The summed E-state index contributed by atoms with van der Waals surface area (Å²) in [5, 5.41) is 1.70. The van der Waals surface area contributed by atoms with E-state index in [0.717, 1.165) is 28.8 Å². The van der Waals surface area contributed by atoms with E-state index in [2.05, 4.69) is 9.97 Å². The Bertz CT molecular complexity index is 608. The predicted molar refractivity (Wildman–Crippen MR) is 73.9 cm³/mol. The monoisotopic (exact) mass is 274 g/mol. The lowest BCUT2D eigenvalue weighted by molar-refractivity contribution is -0.140. The molecule has 1 heterocycles. The van der Waals surface area contributed by atoms with Crippen molar-refractivity contribution in [3.8, 4) is 0 Å². The smallest absolute Gasteiger partial charge is 0.319 e. The maximum Gasteiger partial charge on any atom is 0.319 e. The van der Waals surface area contributed by atoms with E-state index >= 15 is 0 Å². The first-order valence-electron chi connectivity index (χ1n) is 6.24. The molecule has 19 heavy (non-hydrogen) atoms. The van der Waals surface area contributed by atoms with Crippen molar-refractivity contribution in [2.45, 2.75) is 23.1 Å². The molecule has 0 amide bonds. The molecule has 4 nitrogen and oxygen atoms in total. The van der Waals surface area contributed by atoms with Gasteiger partial charge in [0.2, 0.25) is 0 Å². The molecule has 1 saturated carbocycles. The Labute approximate surface area is 115 Å². The second kappa shape index (κ2) is 5.17. The van der Waals surface area contributed by atoms with E-state index in [4.69, 9.17) is 4.74 Å². The fourth-order valence-corrected chi connectivity index (χ4v) is 3.35. The molecule has 5 heteroatoms. The average Bonchev–Trinajstić information content (AvgIpc) is 3.28. The van der Waals surface area contributed by atoms with Crippen LogP contribution in [0.1, 0.15) is 12.8 Å². The van der Waals surface area contributed by atoms with Crippen molar-refractivity contribution in [2.75, 3.05) is 7.11 Å². The maximum atomic E-state index is 11.8. The van der Waals surface area contributed by atoms with E-state index in [1.807, 2.05) is 24.3 Å². The lowest BCUT2D eigenvalue weighted by Gasteiger charge is -2.13. The molecule has 1 atom stereocenters. The topological polar surface area (TPSA) is 52.1 Å². The zero-order valence-electron chi connectivity index (χ0n) is 10.6. The van der Waals surface area contributed by atoms with Gasteiger partial charge in [0.05, 0.1) is 12.6 Å². The minimum absolute atomic E-state index is 0.150. The number of thioether (sulfide) groups is 1. The number of aromatic nitrogens is 2. The number of hydrogen-bond donors (Lipinski definition) is 0. The summed E-state index contributed by atoms with van der Waals surface area (Å²) in [5.41, 5.74) is 0.902. The Morgan fingerprint density at radius 3 is 2.89 bits per heavy atom. The number of methoxy groups -OCH3 is 1. The van der Waals surface area contributed by atoms with Gasteiger partial charge in [-0.15, -0.1) is 0 Å². The van der Waals surface area contributed by atoms with Gasteiger partial charge in [-0.2, -0.15) is 0 Å². The molecule has 2 aromatic rings. The molecule has 98 valence electrons. The van der Waals surface area contributed by atoms with Crippen molar-refractivity contribution in [3.05, 3.63) is 30.6 Å². The van der Waals surface area contributed by atoms with Crippen LogP contribution in [0.4, 0.5) is 0 Å². The first kappa shape index (κ1) is 12.4. The van der Waals surface area contributed by atoms with Crippen LogP contribution in [0.2, 0.25) is 0 Å². The number of fused-ring (bicyclic) bond motifs is 1. The third-order valence-corrected chi connectivity index (χ3v) is 4.61. The van der Waals surface area contributed by atoms with E-state index in [0.29, 0.717) is 5.92 Å². The summed E-state index contributed by atoms with van der Waals surface area (Å²) < 4.78 is 4.89. The van der Waals surface area contributed by atoms with Crippen LogP contribution in [0.3, 0.4) is 0 Å². The van der Waals surface area contributed by atoms with Crippen LogP contribution in [0.25, 0.3) is 10.9 Å². The van der Waals surface area contributed by atoms with Gasteiger partial charge in [0, 0.05) is 5.39 Å². The highest BCUT2D eigenvalue weighted by molar-refractivity contribution is 8.00. The Morgan fingerprint density at radius 2 is 2.16 bits per heavy atom. The Kier molecular flexibility index (Phi) is 3.38. The predicted octanol–water partition coefficient (Wildman–Crippen LogP) is 2.67. The third-order valence-electron chi connectivity index (χ3n) is 3.23. The molecule has 0 aliphatic heterocycles. The summed E-state index contributed by atoms with van der Waals surface area (Å²) in [7, 11) is 1.44. The van der Waals surface area contributed by atoms with Crippen LogP contribution in [0, 0.1) is 5.92 Å². The lowest BCUT2D eigenvalue weighted by atomic mass is 10.2. The number of para-hydroxylation sites is 1. The number of hydrogen-bond acceptors (Lipinski definition) is 5. The molecule has 0 spiro atoms. The molecule has 0 N–H and O–H groups in total. The van der Waals surface area contributed by atoms with Crippen LogP contribution < -0.4 is 0 Å². The number of rotatable bonds is 4. The van der Waals surface area contributed by atoms with Gasteiger partial charge in [0.1, 0.15) is 16.6 Å². The SMILES string of the molecule is COC(=O)C(Sc1ncnc2ccccc12)C1CC1. The highest BCUT2D eigenvalue weighted by Gasteiger charge is 2.38. The zero-order chi connectivity index (χ0) is 13.2. The number of carbonyl (C=O) groups excluding carboxylic acids is 1. The van der Waals surface area contributed by atoms with Gasteiger partial charge < -0.3 is 4.74 Å². The van der Waals surface area contributed by atoms with Gasteiger partial charge in [-0.3, -0.25) is 4.79 Å². The maximum absolute atomic E-state index is 11.8. The normalized spacial score (nSPS) is 16.3. The van der Waals surface area contributed by atoms with Gasteiger partial charge in [-0.1, -0.05) is 30.0 Å². The van der Waals surface area contributed by atoms with Crippen LogP contribution in [-0.2, 0) is 9.53 Å². The molecule has 1 aliphatic rings. The van der Waals surface area contributed by atoms with Crippen LogP contribution >= 0.6 is 11.8 Å². The van der Waals surface area contributed by atoms with Crippen LogP contribution in [0.5, 0.6) is 0 Å². The molecule has 0 saturated heterocycles. The fraction of sp³-hybridized carbons (Fsp3) is 0.357. The molecule has 1 aromatic carbocycles. The summed E-state index contributed by atoms with van der Waals surface area (Å²) in [4.78, 5) is 20.4. The highest BCUT2D eigenvalue weighted by atomic mass is 32.2. The van der Waals surface area contributed by atoms with E-state index < -0.39 is 0 Å². The standard InChI is InChI=1S/C14H14N2O2S/c1-18-14(17)12(9-6-7-9)19-13-10-4-2-3-5-11(10)15-8-16-13/h2-5,8-9,12H,6-7H2,1H3. The van der Waals surface area contributed by atoms with Crippen molar-refractivity contribution in [2.24, 2.45) is 5.92 Å². The average molecular weight is 274 g/mol. The van der Waals surface area contributed by atoms with E-state index in [1.54, 1.807) is 6.33 Å². The molecule has 0 radical (unpaired) electrons. The summed E-state index contributed by atoms with van der Waals surface area (Å²) >= 11 is 1.50. The number of carbonyl (C=O) groups is 1. The molecule has 1 unspecified atom stereocenters. The summed E-state index contributed by atoms with van der Waals surface area (Å²) in [6, 6.07) is 7.84. The summed E-state index contributed by atoms with van der Waals surface area (Å²) in [5.74, 6) is 0.265. The van der Waals surface area contributed by atoms with Crippen molar-refractivity contribution >= 4 is 28.6 Å². The lowest BCUT2D eigenvalue weighted by Crippen LogP contribution is -2.21. The van der Waals surface area contributed by atoms with E-state index in [-0.39, 0.29) is 11.2 Å². The van der Waals surface area contributed by atoms with Crippen molar-refractivity contribution < 1.29 is 9.53 Å². The van der Waals surface area contributed by atoms with Crippen molar-refractivity contribution in [1.29, 1.82) is 0 Å². The van der Waals surface area contributed by atoms with Crippen molar-refractivity contribution in [3.63, 3.8) is 0 Å². The Hall–Kier alpha value is -1.62. The van der Waals surface area contributed by atoms with Gasteiger partial charge >= 0.3 is 5.97 Å². The zero-order valence-corrected chi connectivity index (χ0v) is 11.4. The summed E-state index contributed by atoms with van der Waals surface area (Å²) in [6.07, 6.45) is 3.73. The van der Waals surface area contributed by atoms with Gasteiger partial charge in [0.15, 0.2) is 0 Å². The second-order valence-corrected chi connectivity index (χ2v) is 5.73. The molecule has 1 aliphatic carbocycles. The van der Waals surface area contributed by atoms with Crippen molar-refractivity contribution in [1.82, 2.24) is 9.97 Å². The first-order valence-corrected chi connectivity index (χ1v) is 7.12. The minimum Gasteiger partial charge on any atom is -0.468 e. The first-order chi connectivity index (χ1) is 9.29. The molecule has 1 aromatic heterocycles. The molecule has 1 fully saturated rings. The van der Waals surface area contributed by atoms with Crippen LogP contribution in [0.15, 0.2) is 35.6 Å².